The van der Waals surface area contributed by atoms with Crippen LogP contribution in [0.15, 0.2) is 4.52 Å². The van der Waals surface area contributed by atoms with Crippen molar-refractivity contribution in [1.29, 1.82) is 0 Å². The summed E-state index contributed by atoms with van der Waals surface area (Å²) in [6, 6.07) is -0.354. The Bertz CT molecular complexity index is 328. The van der Waals surface area contributed by atoms with Crippen LogP contribution < -0.4 is 5.73 Å². The Morgan fingerprint density at radius 2 is 2.44 bits per heavy atom. The highest BCUT2D eigenvalue weighted by molar-refractivity contribution is 8.06. The van der Waals surface area contributed by atoms with Gasteiger partial charge in [-0.2, -0.15) is 16.7 Å². The van der Waals surface area contributed by atoms with E-state index in [0.717, 1.165) is 17.3 Å². The second-order valence-electron chi connectivity index (χ2n) is 3.54. The lowest BCUT2D eigenvalue weighted by molar-refractivity contribution is 0.259. The van der Waals surface area contributed by atoms with Gasteiger partial charge < -0.3 is 15.4 Å². The first-order valence-electron chi connectivity index (χ1n) is 5.20. The predicted molar refractivity (Wildman–Crippen MR) is 65.5 cm³/mol. The molecule has 1 aliphatic rings. The summed E-state index contributed by atoms with van der Waals surface area (Å²) >= 11 is 3.77. The number of nitrogens with zero attached hydrogens (tertiary/aromatic N) is 2. The molecule has 2 unspecified atom stereocenters. The topological polar surface area (TPSA) is 85.2 Å². The standard InChI is InChI=1S/C9H15N3O2S2/c10-6(1-2-13)9-11-8(12-14-9)7-5-15-3-4-16-7/h6-7,13H,1-5,10H2. The molecule has 90 valence electrons. The number of thioether (sulfide) groups is 2. The van der Waals surface area contributed by atoms with Crippen LogP contribution in [-0.2, 0) is 0 Å². The summed E-state index contributed by atoms with van der Waals surface area (Å²) in [6.45, 7) is 0.0346. The van der Waals surface area contributed by atoms with Crippen molar-refractivity contribution in [2.45, 2.75) is 17.7 Å². The molecule has 0 saturated carbocycles. The van der Waals surface area contributed by atoms with Crippen LogP contribution in [0.4, 0.5) is 0 Å². The Kier molecular flexibility index (Phi) is 4.51. The fourth-order valence-electron chi connectivity index (χ4n) is 1.43. The number of aliphatic hydroxyl groups is 1. The first-order chi connectivity index (χ1) is 7.81. The highest BCUT2D eigenvalue weighted by atomic mass is 32.2. The van der Waals surface area contributed by atoms with E-state index < -0.39 is 0 Å². The molecule has 16 heavy (non-hydrogen) atoms. The Morgan fingerprint density at radius 1 is 1.56 bits per heavy atom. The summed E-state index contributed by atoms with van der Waals surface area (Å²) in [4.78, 5) is 4.30. The molecule has 7 heteroatoms. The van der Waals surface area contributed by atoms with Gasteiger partial charge in [0.25, 0.3) is 0 Å². The van der Waals surface area contributed by atoms with Crippen LogP contribution in [0.3, 0.4) is 0 Å². The van der Waals surface area contributed by atoms with E-state index in [9.17, 15) is 0 Å². The molecule has 1 fully saturated rings. The summed E-state index contributed by atoms with van der Waals surface area (Å²) in [5.74, 6) is 4.51. The van der Waals surface area contributed by atoms with Crippen molar-refractivity contribution >= 4 is 23.5 Å². The van der Waals surface area contributed by atoms with Crippen molar-refractivity contribution in [2.24, 2.45) is 5.73 Å². The van der Waals surface area contributed by atoms with Crippen molar-refractivity contribution < 1.29 is 9.63 Å². The molecule has 0 radical (unpaired) electrons. The van der Waals surface area contributed by atoms with Crippen LogP contribution in [0.1, 0.15) is 29.4 Å². The number of rotatable bonds is 4. The highest BCUT2D eigenvalue weighted by Crippen LogP contribution is 2.35. The SMILES string of the molecule is NC(CCO)c1nc(C2CSCCS2)no1. The van der Waals surface area contributed by atoms with Crippen LogP contribution in [0.5, 0.6) is 0 Å². The number of nitrogens with two attached hydrogens (primary N) is 1. The molecule has 1 aliphatic heterocycles. The largest absolute Gasteiger partial charge is 0.396 e. The van der Waals surface area contributed by atoms with E-state index in [0.29, 0.717) is 17.6 Å². The maximum absolute atomic E-state index is 8.78. The third-order valence-electron chi connectivity index (χ3n) is 2.32. The Morgan fingerprint density at radius 3 is 3.12 bits per heavy atom. The molecule has 0 aliphatic carbocycles. The third-order valence-corrected chi connectivity index (χ3v) is 5.07. The van der Waals surface area contributed by atoms with E-state index in [-0.39, 0.29) is 12.6 Å². The van der Waals surface area contributed by atoms with E-state index in [4.69, 9.17) is 15.4 Å². The van der Waals surface area contributed by atoms with E-state index in [1.807, 2.05) is 23.5 Å². The average Bonchev–Trinajstić information content (AvgIpc) is 2.80. The summed E-state index contributed by atoms with van der Waals surface area (Å²) in [5.41, 5.74) is 5.78. The summed E-state index contributed by atoms with van der Waals surface area (Å²) < 4.78 is 5.11. The van der Waals surface area contributed by atoms with Crippen molar-refractivity contribution in [3.63, 3.8) is 0 Å². The zero-order chi connectivity index (χ0) is 11.4. The second kappa shape index (κ2) is 5.90. The number of aromatic nitrogens is 2. The zero-order valence-electron chi connectivity index (χ0n) is 8.83. The monoisotopic (exact) mass is 261 g/mol. The molecule has 2 heterocycles. The van der Waals surface area contributed by atoms with E-state index >= 15 is 0 Å². The molecule has 0 bridgehead atoms. The van der Waals surface area contributed by atoms with Gasteiger partial charge in [-0.15, -0.1) is 11.8 Å². The van der Waals surface area contributed by atoms with Crippen LogP contribution in [0.25, 0.3) is 0 Å². The van der Waals surface area contributed by atoms with Crippen LogP contribution in [0.2, 0.25) is 0 Å². The fraction of sp³-hybridized carbons (Fsp3) is 0.778. The lowest BCUT2D eigenvalue weighted by atomic mass is 10.2. The Balaban J connectivity index is 2.00. The minimum Gasteiger partial charge on any atom is -0.396 e. The van der Waals surface area contributed by atoms with Crippen molar-refractivity contribution in [2.75, 3.05) is 23.9 Å². The second-order valence-corrected chi connectivity index (χ2v) is 6.00. The molecule has 0 aromatic carbocycles. The summed E-state index contributed by atoms with van der Waals surface area (Å²) in [7, 11) is 0. The van der Waals surface area contributed by atoms with Crippen LogP contribution >= 0.6 is 23.5 Å². The zero-order valence-corrected chi connectivity index (χ0v) is 10.5. The molecule has 2 atom stereocenters. The fourth-order valence-corrected chi connectivity index (χ4v) is 4.02. The molecule has 1 aromatic heterocycles. The van der Waals surface area contributed by atoms with Gasteiger partial charge in [0.15, 0.2) is 5.82 Å². The van der Waals surface area contributed by atoms with Gasteiger partial charge in [-0.3, -0.25) is 0 Å². The minimum absolute atomic E-state index is 0.0346. The lowest BCUT2D eigenvalue weighted by Crippen LogP contribution is -2.13. The number of hydrogen-bond acceptors (Lipinski definition) is 7. The smallest absolute Gasteiger partial charge is 0.243 e. The van der Waals surface area contributed by atoms with Crippen LogP contribution in [-0.4, -0.2) is 39.1 Å². The van der Waals surface area contributed by atoms with Gasteiger partial charge >= 0.3 is 0 Å². The predicted octanol–water partition coefficient (Wildman–Crippen LogP) is 0.973. The number of aliphatic hydroxyl groups excluding tert-OH is 1. The van der Waals surface area contributed by atoms with Crippen molar-refractivity contribution in [3.05, 3.63) is 11.7 Å². The van der Waals surface area contributed by atoms with Gasteiger partial charge in [0.05, 0.1) is 11.3 Å². The first-order valence-corrected chi connectivity index (χ1v) is 7.41. The molecular formula is C9H15N3O2S2. The van der Waals surface area contributed by atoms with Gasteiger partial charge in [0.2, 0.25) is 5.89 Å². The van der Waals surface area contributed by atoms with E-state index in [1.165, 1.54) is 5.75 Å². The average molecular weight is 261 g/mol. The van der Waals surface area contributed by atoms with E-state index in [1.54, 1.807) is 0 Å². The van der Waals surface area contributed by atoms with Crippen LogP contribution in [0, 0.1) is 0 Å². The quantitative estimate of drug-likeness (QED) is 0.835. The number of hydrogen-bond donors (Lipinski definition) is 2. The highest BCUT2D eigenvalue weighted by Gasteiger charge is 2.23. The Hall–Kier alpha value is -0.240. The molecule has 1 saturated heterocycles. The van der Waals surface area contributed by atoms with Gasteiger partial charge in [-0.05, 0) is 6.42 Å². The third kappa shape index (κ3) is 2.91. The van der Waals surface area contributed by atoms with Crippen molar-refractivity contribution in [3.8, 4) is 0 Å². The summed E-state index contributed by atoms with van der Waals surface area (Å²) in [5, 5.41) is 13.1. The Labute approximate surface area is 103 Å². The maximum Gasteiger partial charge on any atom is 0.243 e. The molecule has 1 aromatic rings. The van der Waals surface area contributed by atoms with Gasteiger partial charge in [-0.25, -0.2) is 0 Å². The maximum atomic E-state index is 8.78. The van der Waals surface area contributed by atoms with Gasteiger partial charge in [0.1, 0.15) is 0 Å². The van der Waals surface area contributed by atoms with E-state index in [2.05, 4.69) is 10.1 Å². The lowest BCUT2D eigenvalue weighted by Gasteiger charge is -2.17. The molecule has 3 N–H and O–H groups in total. The van der Waals surface area contributed by atoms with Crippen molar-refractivity contribution in [1.82, 2.24) is 10.1 Å². The van der Waals surface area contributed by atoms with Gasteiger partial charge in [0, 0.05) is 23.9 Å². The van der Waals surface area contributed by atoms with Gasteiger partial charge in [-0.1, -0.05) is 5.16 Å². The molecule has 2 rings (SSSR count). The summed E-state index contributed by atoms with van der Waals surface area (Å²) in [6.07, 6.45) is 0.453. The molecule has 0 amide bonds. The molecule has 5 nitrogen and oxygen atoms in total. The molecule has 0 spiro atoms. The minimum atomic E-state index is -0.354. The normalized spacial score (nSPS) is 23.2. The first kappa shape index (κ1) is 12.2. The molecular weight excluding hydrogens is 246 g/mol.